The van der Waals surface area contributed by atoms with E-state index in [0.717, 1.165) is 61.4 Å². The van der Waals surface area contributed by atoms with E-state index in [2.05, 4.69) is 36.5 Å². The number of aryl methyl sites for hydroxylation is 2. The van der Waals surface area contributed by atoms with E-state index in [1.165, 1.54) is 11.0 Å². The van der Waals surface area contributed by atoms with Crippen molar-refractivity contribution >= 4 is 22.5 Å². The minimum Gasteiger partial charge on any atom is -0.489 e. The van der Waals surface area contributed by atoms with E-state index in [1.807, 2.05) is 44.6 Å². The van der Waals surface area contributed by atoms with Crippen LogP contribution in [0.4, 0.5) is 10.1 Å². The van der Waals surface area contributed by atoms with Gasteiger partial charge < -0.3 is 34.3 Å². The number of hydrogen-bond acceptors (Lipinski definition) is 10. The Morgan fingerprint density at radius 3 is 2.58 bits per heavy atom. The van der Waals surface area contributed by atoms with Gasteiger partial charge in [-0.1, -0.05) is 0 Å². The predicted molar refractivity (Wildman–Crippen MR) is 203 cm³/mol. The minimum atomic E-state index is -0.609. The van der Waals surface area contributed by atoms with Crippen LogP contribution in [0.25, 0.3) is 10.9 Å². The van der Waals surface area contributed by atoms with Gasteiger partial charge in [-0.05, 0) is 75.4 Å². The summed E-state index contributed by atoms with van der Waals surface area (Å²) in [6.45, 7) is 8.57. The van der Waals surface area contributed by atoms with Crippen molar-refractivity contribution in [3.63, 3.8) is 0 Å². The number of piperidine rings is 1. The summed E-state index contributed by atoms with van der Waals surface area (Å²) in [5.41, 5.74) is 10.7. The third kappa shape index (κ3) is 10.2. The second kappa shape index (κ2) is 18.1. The molecule has 1 amide bonds. The SMILES string of the molecule is Cc1ccc(N2CCC[C@H](N(Cc3ccnc(C)c3)Cc3cn(C4CC4)c4cc(OCCN(C)C(=O)COCCOCCN)c(F)cc4c3=O)C2)cn1. The van der Waals surface area contributed by atoms with Crippen LogP contribution in [0.1, 0.15) is 54.2 Å². The highest BCUT2D eigenvalue weighted by molar-refractivity contribution is 5.82. The summed E-state index contributed by atoms with van der Waals surface area (Å²) in [5, 5.41) is 0.342. The zero-order chi connectivity index (χ0) is 37.3. The highest BCUT2D eigenvalue weighted by Crippen LogP contribution is 2.38. The number of benzene rings is 1. The third-order valence-corrected chi connectivity index (χ3v) is 9.96. The quantitative estimate of drug-likeness (QED) is 0.148. The van der Waals surface area contributed by atoms with Crippen molar-refractivity contribution in [3.05, 3.63) is 93.5 Å². The van der Waals surface area contributed by atoms with Gasteiger partial charge in [-0.2, -0.15) is 0 Å². The number of anilines is 1. The normalized spacial score (nSPS) is 16.0. The number of rotatable bonds is 18. The summed E-state index contributed by atoms with van der Waals surface area (Å²) in [5.74, 6) is -0.777. The molecule has 1 saturated carbocycles. The highest BCUT2D eigenvalue weighted by Gasteiger charge is 2.30. The van der Waals surface area contributed by atoms with Gasteiger partial charge in [0, 0.05) is 92.7 Å². The van der Waals surface area contributed by atoms with Crippen LogP contribution in [0.2, 0.25) is 0 Å². The number of fused-ring (bicyclic) bond motifs is 1. The van der Waals surface area contributed by atoms with Crippen LogP contribution in [0.15, 0.2) is 59.8 Å². The van der Waals surface area contributed by atoms with E-state index >= 15 is 4.39 Å². The summed E-state index contributed by atoms with van der Waals surface area (Å²) in [6.07, 6.45) is 9.74. The molecule has 4 heterocycles. The highest BCUT2D eigenvalue weighted by atomic mass is 19.1. The molecule has 1 aliphatic carbocycles. The summed E-state index contributed by atoms with van der Waals surface area (Å²) in [7, 11) is 1.65. The molecular weight excluding hydrogens is 677 g/mol. The first-order chi connectivity index (χ1) is 25.7. The molecule has 1 atom stereocenters. The molecule has 1 aromatic carbocycles. The van der Waals surface area contributed by atoms with Gasteiger partial charge in [0.1, 0.15) is 13.2 Å². The van der Waals surface area contributed by atoms with Gasteiger partial charge in [0.2, 0.25) is 5.91 Å². The van der Waals surface area contributed by atoms with Crippen molar-refractivity contribution in [2.24, 2.45) is 5.73 Å². The van der Waals surface area contributed by atoms with Crippen molar-refractivity contribution < 1.29 is 23.4 Å². The number of likely N-dealkylation sites (N-methyl/N-ethyl adjacent to an activating group) is 1. The van der Waals surface area contributed by atoms with Gasteiger partial charge in [0.25, 0.3) is 0 Å². The Morgan fingerprint density at radius 2 is 1.83 bits per heavy atom. The number of carbonyl (C=O) groups excluding carboxylic acids is 1. The fraction of sp³-hybridized carbons (Fsp3) is 0.500. The minimum absolute atomic E-state index is 0.0516. The Hall–Kier alpha value is -4.43. The maximum Gasteiger partial charge on any atom is 0.248 e. The van der Waals surface area contributed by atoms with Crippen molar-refractivity contribution in [2.75, 3.05) is 71.2 Å². The van der Waals surface area contributed by atoms with Gasteiger partial charge in [0.15, 0.2) is 17.0 Å². The summed E-state index contributed by atoms with van der Waals surface area (Å²) in [6, 6.07) is 11.7. The number of pyridine rings is 3. The topological polar surface area (TPSA) is 128 Å². The molecule has 13 heteroatoms. The average Bonchev–Trinajstić information content (AvgIpc) is 4.00. The van der Waals surface area contributed by atoms with Crippen LogP contribution < -0.4 is 20.8 Å². The molecule has 0 spiro atoms. The Labute approximate surface area is 310 Å². The summed E-state index contributed by atoms with van der Waals surface area (Å²) < 4.78 is 34.3. The number of aromatic nitrogens is 3. The smallest absolute Gasteiger partial charge is 0.248 e. The third-order valence-electron chi connectivity index (χ3n) is 9.96. The van der Waals surface area contributed by atoms with Crippen LogP contribution >= 0.6 is 0 Å². The molecule has 4 aromatic rings. The van der Waals surface area contributed by atoms with Crippen LogP contribution in [-0.4, -0.2) is 103 Å². The number of amides is 1. The maximum absolute atomic E-state index is 15.6. The molecular formula is C40H52FN7O5. The summed E-state index contributed by atoms with van der Waals surface area (Å²) >= 11 is 0. The second-order valence-electron chi connectivity index (χ2n) is 14.1. The zero-order valence-electron chi connectivity index (χ0n) is 31.1. The van der Waals surface area contributed by atoms with Crippen LogP contribution in [0.5, 0.6) is 5.75 Å². The van der Waals surface area contributed by atoms with Crippen LogP contribution in [0, 0.1) is 19.7 Å². The number of ether oxygens (including phenoxy) is 3. The number of hydrogen-bond donors (Lipinski definition) is 1. The molecule has 1 saturated heterocycles. The van der Waals surface area contributed by atoms with E-state index in [0.29, 0.717) is 49.3 Å². The average molecular weight is 730 g/mol. The number of nitrogens with zero attached hydrogens (tertiary/aromatic N) is 6. The van der Waals surface area contributed by atoms with Crippen molar-refractivity contribution in [1.29, 1.82) is 0 Å². The summed E-state index contributed by atoms with van der Waals surface area (Å²) in [4.78, 5) is 41.9. The number of carbonyl (C=O) groups is 1. The maximum atomic E-state index is 15.6. The van der Waals surface area contributed by atoms with Gasteiger partial charge >= 0.3 is 0 Å². The van der Waals surface area contributed by atoms with Crippen molar-refractivity contribution in [2.45, 2.75) is 64.7 Å². The van der Waals surface area contributed by atoms with E-state index in [9.17, 15) is 9.59 Å². The van der Waals surface area contributed by atoms with Crippen LogP contribution in [0.3, 0.4) is 0 Å². The van der Waals surface area contributed by atoms with E-state index in [1.54, 1.807) is 13.1 Å². The lowest BCUT2D eigenvalue weighted by atomic mass is 10.0. The first kappa shape index (κ1) is 38.3. The molecule has 2 aliphatic rings. The van der Waals surface area contributed by atoms with Gasteiger partial charge in [-0.3, -0.25) is 24.5 Å². The molecule has 6 rings (SSSR count). The van der Waals surface area contributed by atoms with E-state index in [4.69, 9.17) is 19.9 Å². The molecule has 0 unspecified atom stereocenters. The lowest BCUT2D eigenvalue weighted by Gasteiger charge is -2.40. The Bertz CT molecular complexity index is 1900. The standard InChI is InChI=1S/C40H52FN7O5/c1-28-6-7-33(22-44-28)46-13-4-5-34(26-46)47(23-30-10-12-43-29(2)19-30)24-31-25-48(32-8-9-32)37-21-38(36(41)20-35(37)40(31)50)53-16-14-45(3)39(49)27-52-18-17-51-15-11-42/h6-7,10,12,19-22,25,32,34H,4-5,8-9,11,13-18,23-24,26-27,42H2,1-3H3/t34-/m0/s1. The number of halogens is 1. The largest absolute Gasteiger partial charge is 0.489 e. The number of nitrogens with two attached hydrogens (primary N) is 1. The first-order valence-electron chi connectivity index (χ1n) is 18.6. The molecule has 1 aliphatic heterocycles. The molecule has 3 aromatic heterocycles. The fourth-order valence-electron chi connectivity index (χ4n) is 6.88. The molecule has 0 radical (unpaired) electrons. The second-order valence-corrected chi connectivity index (χ2v) is 14.1. The van der Waals surface area contributed by atoms with Crippen LogP contribution in [-0.2, 0) is 27.4 Å². The predicted octanol–water partition coefficient (Wildman–Crippen LogP) is 4.38. The van der Waals surface area contributed by atoms with E-state index < -0.39 is 5.82 Å². The first-order valence-corrected chi connectivity index (χ1v) is 18.6. The van der Waals surface area contributed by atoms with Gasteiger partial charge in [-0.25, -0.2) is 4.39 Å². The molecule has 2 N–H and O–H groups in total. The monoisotopic (exact) mass is 729 g/mol. The zero-order valence-corrected chi connectivity index (χ0v) is 31.1. The van der Waals surface area contributed by atoms with Crippen molar-refractivity contribution in [3.8, 4) is 5.75 Å². The molecule has 12 nitrogen and oxygen atoms in total. The lowest BCUT2D eigenvalue weighted by Crippen LogP contribution is -2.48. The van der Waals surface area contributed by atoms with Crippen molar-refractivity contribution in [1.82, 2.24) is 24.3 Å². The van der Waals surface area contributed by atoms with Gasteiger partial charge in [-0.15, -0.1) is 0 Å². The molecule has 0 bridgehead atoms. The Balaban J connectivity index is 1.19. The Morgan fingerprint density at radius 1 is 1.00 bits per heavy atom. The van der Waals surface area contributed by atoms with Gasteiger partial charge in [0.05, 0.1) is 43.8 Å². The molecule has 2 fully saturated rings. The fourth-order valence-corrected chi connectivity index (χ4v) is 6.88. The Kier molecular flexibility index (Phi) is 13.1. The molecule has 284 valence electrons. The molecule has 53 heavy (non-hydrogen) atoms. The van der Waals surface area contributed by atoms with E-state index in [-0.39, 0.29) is 55.5 Å². The lowest BCUT2D eigenvalue weighted by molar-refractivity contribution is -0.135.